The van der Waals surface area contributed by atoms with E-state index in [0.717, 1.165) is 5.56 Å². The molecule has 0 spiro atoms. The fraction of sp³-hybridized carbons (Fsp3) is 0.462. The van der Waals surface area contributed by atoms with Crippen molar-refractivity contribution in [2.75, 3.05) is 22.9 Å². The zero-order valence-electron chi connectivity index (χ0n) is 11.6. The third kappa shape index (κ3) is 5.02. The van der Waals surface area contributed by atoms with Gasteiger partial charge in [-0.05, 0) is 38.0 Å². The Morgan fingerprint density at radius 1 is 1.35 bits per heavy atom. The van der Waals surface area contributed by atoms with Gasteiger partial charge in [-0.15, -0.1) is 11.6 Å². The summed E-state index contributed by atoms with van der Waals surface area (Å²) in [5, 5.41) is 2.67. The minimum Gasteiger partial charge on any atom is -0.352 e. The minimum atomic E-state index is -3.44. The van der Waals surface area contributed by atoms with Gasteiger partial charge in [-0.2, -0.15) is 0 Å². The molecular formula is C13H19ClN2O3S. The summed E-state index contributed by atoms with van der Waals surface area (Å²) < 4.78 is 26.2. The van der Waals surface area contributed by atoms with Crippen molar-refractivity contribution in [2.45, 2.75) is 20.3 Å². The van der Waals surface area contributed by atoms with Crippen LogP contribution in [0.5, 0.6) is 0 Å². The first kappa shape index (κ1) is 16.8. The SMILES string of the molecule is CCNC(=O)c1ccc(C)c(NS(=O)(=O)CCCCl)c1. The maximum absolute atomic E-state index is 11.8. The number of halogens is 1. The van der Waals surface area contributed by atoms with Crippen molar-refractivity contribution < 1.29 is 13.2 Å². The number of anilines is 1. The molecule has 1 rings (SSSR count). The molecule has 0 heterocycles. The Kier molecular flexibility index (Phi) is 6.29. The fourth-order valence-corrected chi connectivity index (χ4v) is 3.07. The minimum absolute atomic E-state index is 0.0404. The van der Waals surface area contributed by atoms with Gasteiger partial charge in [-0.1, -0.05) is 6.07 Å². The third-order valence-electron chi connectivity index (χ3n) is 2.65. The lowest BCUT2D eigenvalue weighted by Gasteiger charge is -2.12. The number of nitrogens with one attached hydrogen (secondary N) is 2. The fourth-order valence-electron chi connectivity index (χ4n) is 1.60. The average molecular weight is 319 g/mol. The molecule has 0 bridgehead atoms. The molecule has 0 fully saturated rings. The summed E-state index contributed by atoms with van der Waals surface area (Å²) in [5.41, 5.74) is 1.60. The van der Waals surface area contributed by atoms with Gasteiger partial charge in [-0.25, -0.2) is 8.42 Å². The van der Waals surface area contributed by atoms with Crippen LogP contribution in [0.1, 0.15) is 29.3 Å². The Morgan fingerprint density at radius 3 is 2.65 bits per heavy atom. The first-order chi connectivity index (χ1) is 9.39. The summed E-state index contributed by atoms with van der Waals surface area (Å²) in [4.78, 5) is 11.7. The Hall–Kier alpha value is -1.27. The van der Waals surface area contributed by atoms with Gasteiger partial charge in [0, 0.05) is 18.0 Å². The van der Waals surface area contributed by atoms with Crippen LogP contribution in [0.25, 0.3) is 0 Å². The van der Waals surface area contributed by atoms with Crippen LogP contribution in [0, 0.1) is 6.92 Å². The molecule has 1 amide bonds. The molecular weight excluding hydrogens is 300 g/mol. The van der Waals surface area contributed by atoms with Crippen molar-refractivity contribution in [3.63, 3.8) is 0 Å². The van der Waals surface area contributed by atoms with Gasteiger partial charge in [0.05, 0.1) is 11.4 Å². The maximum atomic E-state index is 11.8. The summed E-state index contributed by atoms with van der Waals surface area (Å²) >= 11 is 5.50. The van der Waals surface area contributed by atoms with Crippen molar-refractivity contribution in [3.05, 3.63) is 29.3 Å². The third-order valence-corrected chi connectivity index (χ3v) is 4.27. The van der Waals surface area contributed by atoms with Gasteiger partial charge in [-0.3, -0.25) is 9.52 Å². The lowest BCUT2D eigenvalue weighted by Crippen LogP contribution is -2.23. The molecule has 0 saturated heterocycles. The molecule has 2 N–H and O–H groups in total. The summed E-state index contributed by atoms with van der Waals surface area (Å²) in [6.07, 6.45) is 0.381. The first-order valence-electron chi connectivity index (χ1n) is 6.35. The van der Waals surface area contributed by atoms with E-state index in [0.29, 0.717) is 30.1 Å². The van der Waals surface area contributed by atoms with Crippen molar-refractivity contribution >= 4 is 33.2 Å². The van der Waals surface area contributed by atoms with Crippen LogP contribution >= 0.6 is 11.6 Å². The van der Waals surface area contributed by atoms with E-state index < -0.39 is 10.0 Å². The molecule has 0 radical (unpaired) electrons. The monoisotopic (exact) mass is 318 g/mol. The number of rotatable bonds is 7. The van der Waals surface area contributed by atoms with E-state index in [-0.39, 0.29) is 11.7 Å². The zero-order valence-corrected chi connectivity index (χ0v) is 13.1. The van der Waals surface area contributed by atoms with Crippen LogP contribution in [-0.2, 0) is 10.0 Å². The number of sulfonamides is 1. The summed E-state index contributed by atoms with van der Waals surface area (Å²) in [5.74, 6) is 0.0221. The number of benzene rings is 1. The normalized spacial score (nSPS) is 11.2. The van der Waals surface area contributed by atoms with Crippen LogP contribution < -0.4 is 10.0 Å². The highest BCUT2D eigenvalue weighted by atomic mass is 35.5. The molecule has 0 aliphatic rings. The Labute approximate surface area is 124 Å². The van der Waals surface area contributed by atoms with Gasteiger partial charge < -0.3 is 5.32 Å². The lowest BCUT2D eigenvalue weighted by molar-refractivity contribution is 0.0956. The van der Waals surface area contributed by atoms with Gasteiger partial charge in [0.2, 0.25) is 10.0 Å². The van der Waals surface area contributed by atoms with E-state index in [1.54, 1.807) is 25.1 Å². The van der Waals surface area contributed by atoms with Crippen LogP contribution in [0.2, 0.25) is 0 Å². The topological polar surface area (TPSA) is 75.3 Å². The van der Waals surface area contributed by atoms with Crippen molar-refractivity contribution in [1.29, 1.82) is 0 Å². The van der Waals surface area contributed by atoms with Crippen molar-refractivity contribution in [3.8, 4) is 0 Å². The largest absolute Gasteiger partial charge is 0.352 e. The van der Waals surface area contributed by atoms with E-state index in [2.05, 4.69) is 10.0 Å². The zero-order chi connectivity index (χ0) is 15.2. The number of alkyl halides is 1. The Morgan fingerprint density at radius 2 is 2.05 bits per heavy atom. The molecule has 0 aliphatic heterocycles. The van der Waals surface area contributed by atoms with E-state index in [1.807, 2.05) is 6.92 Å². The van der Waals surface area contributed by atoms with E-state index in [1.165, 1.54) is 0 Å². The maximum Gasteiger partial charge on any atom is 0.251 e. The number of aryl methyl sites for hydroxylation is 1. The average Bonchev–Trinajstić information content (AvgIpc) is 2.39. The molecule has 20 heavy (non-hydrogen) atoms. The highest BCUT2D eigenvalue weighted by Crippen LogP contribution is 2.18. The summed E-state index contributed by atoms with van der Waals surface area (Å²) in [7, 11) is -3.44. The van der Waals surface area contributed by atoms with Crippen LogP contribution in [0.3, 0.4) is 0 Å². The number of carbonyl (C=O) groups is 1. The smallest absolute Gasteiger partial charge is 0.251 e. The van der Waals surface area contributed by atoms with Gasteiger partial charge in [0.15, 0.2) is 0 Å². The summed E-state index contributed by atoms with van der Waals surface area (Å²) in [6, 6.07) is 4.92. The van der Waals surface area contributed by atoms with Gasteiger partial charge >= 0.3 is 0 Å². The van der Waals surface area contributed by atoms with Crippen LogP contribution in [0.15, 0.2) is 18.2 Å². The molecule has 1 aromatic carbocycles. The summed E-state index contributed by atoms with van der Waals surface area (Å²) in [6.45, 7) is 4.12. The molecule has 0 aliphatic carbocycles. The number of hydrogen-bond donors (Lipinski definition) is 2. The molecule has 5 nitrogen and oxygen atoms in total. The Bertz CT molecular complexity index is 573. The molecule has 0 unspecified atom stereocenters. The second kappa shape index (κ2) is 7.50. The molecule has 112 valence electrons. The number of amides is 1. The molecule has 0 atom stereocenters. The van der Waals surface area contributed by atoms with Crippen molar-refractivity contribution in [2.24, 2.45) is 0 Å². The van der Waals surface area contributed by atoms with Crippen molar-refractivity contribution in [1.82, 2.24) is 5.32 Å². The van der Waals surface area contributed by atoms with Crippen LogP contribution in [0.4, 0.5) is 5.69 Å². The second-order valence-corrected chi connectivity index (χ2v) is 6.57. The quantitative estimate of drug-likeness (QED) is 0.756. The molecule has 1 aromatic rings. The number of carbonyl (C=O) groups excluding carboxylic acids is 1. The van der Waals surface area contributed by atoms with E-state index >= 15 is 0 Å². The number of hydrogen-bond acceptors (Lipinski definition) is 3. The van der Waals surface area contributed by atoms with Gasteiger partial charge in [0.25, 0.3) is 5.91 Å². The van der Waals surface area contributed by atoms with Gasteiger partial charge in [0.1, 0.15) is 0 Å². The van der Waals surface area contributed by atoms with E-state index in [9.17, 15) is 13.2 Å². The second-order valence-electron chi connectivity index (χ2n) is 4.35. The van der Waals surface area contributed by atoms with Crippen LogP contribution in [-0.4, -0.2) is 32.5 Å². The molecule has 7 heteroatoms. The highest BCUT2D eigenvalue weighted by Gasteiger charge is 2.13. The molecule has 0 saturated carbocycles. The predicted molar refractivity (Wildman–Crippen MR) is 81.9 cm³/mol. The Balaban J connectivity index is 2.95. The highest BCUT2D eigenvalue weighted by molar-refractivity contribution is 7.92. The lowest BCUT2D eigenvalue weighted by atomic mass is 10.1. The standard InChI is InChI=1S/C13H19ClN2O3S/c1-3-15-13(17)11-6-5-10(2)12(9-11)16-20(18,19)8-4-7-14/h5-6,9,16H,3-4,7-8H2,1-2H3,(H,15,17). The first-order valence-corrected chi connectivity index (χ1v) is 8.53. The molecule has 0 aromatic heterocycles. The van der Waals surface area contributed by atoms with E-state index in [4.69, 9.17) is 11.6 Å². The predicted octanol–water partition coefficient (Wildman–Crippen LogP) is 2.12.